The second kappa shape index (κ2) is 5.09. The summed E-state index contributed by atoms with van der Waals surface area (Å²) in [6.45, 7) is 4.77. The Balaban J connectivity index is 1.84. The summed E-state index contributed by atoms with van der Waals surface area (Å²) in [7, 11) is 0. The number of para-hydroxylation sites is 1. The molecule has 1 heterocycles. The number of benzene rings is 1. The molecule has 3 nitrogen and oxygen atoms in total. The van der Waals surface area contributed by atoms with Gasteiger partial charge in [0.1, 0.15) is 5.82 Å². The van der Waals surface area contributed by atoms with Crippen LogP contribution in [0.2, 0.25) is 0 Å². The van der Waals surface area contributed by atoms with Crippen molar-refractivity contribution in [2.24, 2.45) is 0 Å². The molecule has 0 aliphatic carbocycles. The van der Waals surface area contributed by atoms with Crippen LogP contribution in [0.3, 0.4) is 0 Å². The minimum Gasteiger partial charge on any atom is -0.370 e. The van der Waals surface area contributed by atoms with Gasteiger partial charge < -0.3 is 10.6 Å². The van der Waals surface area contributed by atoms with Gasteiger partial charge in [0.25, 0.3) is 0 Å². The summed E-state index contributed by atoms with van der Waals surface area (Å²) in [5.41, 5.74) is 0.580. The molecule has 15 heavy (non-hydrogen) atoms. The topological polar surface area (TPSA) is 27.3 Å². The number of anilines is 1. The minimum absolute atomic E-state index is 0.187. The Hall–Kier alpha value is -1.13. The van der Waals surface area contributed by atoms with E-state index in [4.69, 9.17) is 0 Å². The van der Waals surface area contributed by atoms with Crippen LogP contribution in [-0.4, -0.2) is 37.7 Å². The van der Waals surface area contributed by atoms with Crippen LogP contribution in [0.1, 0.15) is 0 Å². The molecule has 2 rings (SSSR count). The van der Waals surface area contributed by atoms with Crippen molar-refractivity contribution in [1.29, 1.82) is 0 Å². The van der Waals surface area contributed by atoms with E-state index in [2.05, 4.69) is 15.5 Å². The fraction of sp³-hybridized carbons (Fsp3) is 0.455. The largest absolute Gasteiger partial charge is 0.370 e. The normalized spacial score (nSPS) is 17.7. The molecular weight excluding hydrogens is 193 g/mol. The van der Waals surface area contributed by atoms with E-state index in [9.17, 15) is 4.39 Å². The molecule has 1 fully saturated rings. The number of halogens is 1. The van der Waals surface area contributed by atoms with Gasteiger partial charge in [0.15, 0.2) is 0 Å². The minimum atomic E-state index is -0.187. The Bertz CT molecular complexity index is 310. The van der Waals surface area contributed by atoms with Crippen molar-refractivity contribution in [3.8, 4) is 0 Å². The molecule has 0 amide bonds. The molecule has 0 bridgehead atoms. The molecule has 1 saturated heterocycles. The van der Waals surface area contributed by atoms with E-state index in [-0.39, 0.29) is 5.82 Å². The molecule has 0 atom stereocenters. The quantitative estimate of drug-likeness (QED) is 0.780. The summed E-state index contributed by atoms with van der Waals surface area (Å²) in [4.78, 5) is 2.27. The molecule has 0 aromatic heterocycles. The van der Waals surface area contributed by atoms with E-state index >= 15 is 0 Å². The first-order chi connectivity index (χ1) is 7.36. The average molecular weight is 209 g/mol. The highest BCUT2D eigenvalue weighted by Gasteiger charge is 2.09. The summed E-state index contributed by atoms with van der Waals surface area (Å²) in [6.07, 6.45) is 0. The number of nitrogens with zero attached hydrogens (tertiary/aromatic N) is 1. The van der Waals surface area contributed by atoms with Crippen molar-refractivity contribution in [1.82, 2.24) is 10.2 Å². The molecule has 1 aromatic rings. The Morgan fingerprint density at radius 2 is 2.00 bits per heavy atom. The molecule has 1 aliphatic heterocycles. The van der Waals surface area contributed by atoms with Gasteiger partial charge in [-0.05, 0) is 12.1 Å². The van der Waals surface area contributed by atoms with E-state index in [0.29, 0.717) is 12.4 Å². The van der Waals surface area contributed by atoms with E-state index < -0.39 is 0 Å². The average Bonchev–Trinajstić information content (AvgIpc) is 2.29. The summed E-state index contributed by atoms with van der Waals surface area (Å²) < 4.78 is 13.3. The lowest BCUT2D eigenvalue weighted by Crippen LogP contribution is -2.45. The van der Waals surface area contributed by atoms with Gasteiger partial charge in [-0.2, -0.15) is 0 Å². The van der Waals surface area contributed by atoms with Crippen molar-refractivity contribution >= 4 is 5.69 Å². The van der Waals surface area contributed by atoms with E-state index in [1.807, 2.05) is 6.07 Å². The van der Waals surface area contributed by atoms with Gasteiger partial charge in [0, 0.05) is 26.2 Å². The standard InChI is InChI=1S/C11H16FN3/c12-10-3-1-2-4-11(10)14-9-15-7-5-13-6-8-15/h1-4,13-14H,5-9H2. The van der Waals surface area contributed by atoms with Crippen LogP contribution >= 0.6 is 0 Å². The Kier molecular flexibility index (Phi) is 3.53. The van der Waals surface area contributed by atoms with Crippen LogP contribution in [0.25, 0.3) is 0 Å². The van der Waals surface area contributed by atoms with Crippen molar-refractivity contribution in [2.75, 3.05) is 38.2 Å². The molecule has 1 aromatic carbocycles. The Morgan fingerprint density at radius 1 is 1.27 bits per heavy atom. The lowest BCUT2D eigenvalue weighted by molar-refractivity contribution is 0.256. The summed E-state index contributed by atoms with van der Waals surface area (Å²) >= 11 is 0. The van der Waals surface area contributed by atoms with Crippen molar-refractivity contribution in [3.05, 3.63) is 30.1 Å². The third-order valence-corrected chi connectivity index (χ3v) is 2.58. The van der Waals surface area contributed by atoms with Gasteiger partial charge >= 0.3 is 0 Å². The highest BCUT2D eigenvalue weighted by atomic mass is 19.1. The first-order valence-electron chi connectivity index (χ1n) is 5.28. The van der Waals surface area contributed by atoms with Crippen molar-refractivity contribution in [3.63, 3.8) is 0 Å². The highest BCUT2D eigenvalue weighted by Crippen LogP contribution is 2.12. The number of rotatable bonds is 3. The molecular formula is C11H16FN3. The van der Waals surface area contributed by atoms with Crippen LogP contribution in [0, 0.1) is 5.82 Å². The summed E-state index contributed by atoms with van der Waals surface area (Å²) in [5.74, 6) is -0.187. The second-order valence-electron chi connectivity index (χ2n) is 3.68. The molecule has 1 aliphatic rings. The van der Waals surface area contributed by atoms with Gasteiger partial charge in [-0.3, -0.25) is 4.90 Å². The molecule has 2 N–H and O–H groups in total. The van der Waals surface area contributed by atoms with Gasteiger partial charge in [0.2, 0.25) is 0 Å². The number of hydrogen-bond acceptors (Lipinski definition) is 3. The first-order valence-corrected chi connectivity index (χ1v) is 5.28. The monoisotopic (exact) mass is 209 g/mol. The van der Waals surface area contributed by atoms with Crippen molar-refractivity contribution in [2.45, 2.75) is 0 Å². The maximum absolute atomic E-state index is 13.3. The SMILES string of the molecule is Fc1ccccc1NCN1CCNCC1. The fourth-order valence-electron chi connectivity index (χ4n) is 1.67. The maximum atomic E-state index is 13.3. The predicted molar refractivity (Wildman–Crippen MR) is 59.3 cm³/mol. The Morgan fingerprint density at radius 3 is 2.73 bits per heavy atom. The number of nitrogens with one attached hydrogen (secondary N) is 2. The third-order valence-electron chi connectivity index (χ3n) is 2.58. The zero-order valence-corrected chi connectivity index (χ0v) is 8.67. The first kappa shape index (κ1) is 10.4. The molecule has 0 saturated carbocycles. The fourth-order valence-corrected chi connectivity index (χ4v) is 1.67. The lowest BCUT2D eigenvalue weighted by atomic mass is 10.3. The van der Waals surface area contributed by atoms with Crippen molar-refractivity contribution < 1.29 is 4.39 Å². The van der Waals surface area contributed by atoms with Gasteiger partial charge in [-0.1, -0.05) is 12.1 Å². The third kappa shape index (κ3) is 2.91. The van der Waals surface area contributed by atoms with E-state index in [0.717, 1.165) is 26.2 Å². The summed E-state index contributed by atoms with van der Waals surface area (Å²) in [5, 5.41) is 6.39. The van der Waals surface area contributed by atoms with Crippen LogP contribution in [0.5, 0.6) is 0 Å². The summed E-state index contributed by atoms with van der Waals surface area (Å²) in [6, 6.07) is 6.77. The zero-order chi connectivity index (χ0) is 10.5. The van der Waals surface area contributed by atoms with Gasteiger partial charge in [-0.25, -0.2) is 4.39 Å². The molecule has 4 heteroatoms. The Labute approximate surface area is 89.3 Å². The molecule has 0 unspecified atom stereocenters. The van der Waals surface area contributed by atoms with Crippen LogP contribution < -0.4 is 10.6 Å². The second-order valence-corrected chi connectivity index (χ2v) is 3.68. The van der Waals surface area contributed by atoms with Gasteiger partial charge in [-0.15, -0.1) is 0 Å². The zero-order valence-electron chi connectivity index (χ0n) is 8.67. The molecule has 0 spiro atoms. The van der Waals surface area contributed by atoms with Crippen LogP contribution in [-0.2, 0) is 0 Å². The highest BCUT2D eigenvalue weighted by molar-refractivity contribution is 5.43. The van der Waals surface area contributed by atoms with E-state index in [1.54, 1.807) is 12.1 Å². The smallest absolute Gasteiger partial charge is 0.146 e. The maximum Gasteiger partial charge on any atom is 0.146 e. The number of hydrogen-bond donors (Lipinski definition) is 2. The van der Waals surface area contributed by atoms with E-state index in [1.165, 1.54) is 6.07 Å². The lowest BCUT2D eigenvalue weighted by Gasteiger charge is -2.27. The predicted octanol–water partition coefficient (Wildman–Crippen LogP) is 1.10. The molecule has 82 valence electrons. The van der Waals surface area contributed by atoms with Crippen LogP contribution in [0.4, 0.5) is 10.1 Å². The number of piperazine rings is 1. The van der Waals surface area contributed by atoms with Crippen LogP contribution in [0.15, 0.2) is 24.3 Å². The molecule has 0 radical (unpaired) electrons. The van der Waals surface area contributed by atoms with Gasteiger partial charge in [0.05, 0.1) is 12.4 Å².